The Hall–Kier alpha value is -2.97. The summed E-state index contributed by atoms with van der Waals surface area (Å²) in [4.78, 5) is 33.3. The minimum Gasteiger partial charge on any atom is -0.332 e. The van der Waals surface area contributed by atoms with Gasteiger partial charge in [0.05, 0.1) is 18.9 Å². The lowest BCUT2D eigenvalue weighted by molar-refractivity contribution is -0.116. The van der Waals surface area contributed by atoms with Crippen molar-refractivity contribution in [2.24, 2.45) is 0 Å². The highest BCUT2D eigenvalue weighted by atomic mass is 19.1. The summed E-state index contributed by atoms with van der Waals surface area (Å²) in [6.07, 6.45) is 2.61. The molecule has 1 N–H and O–H groups in total. The number of amides is 2. The van der Waals surface area contributed by atoms with Crippen molar-refractivity contribution in [2.75, 3.05) is 18.9 Å². The Morgan fingerprint density at radius 3 is 2.45 bits per heavy atom. The van der Waals surface area contributed by atoms with E-state index < -0.39 is 35.5 Å². The summed E-state index contributed by atoms with van der Waals surface area (Å²) in [5.74, 6) is -2.91. The minimum absolute atomic E-state index is 0.0744. The van der Waals surface area contributed by atoms with Crippen LogP contribution in [-0.2, 0) is 4.79 Å². The zero-order valence-corrected chi connectivity index (χ0v) is 15.7. The monoisotopic (exact) mass is 404 g/mol. The van der Waals surface area contributed by atoms with Gasteiger partial charge in [-0.1, -0.05) is 6.07 Å². The number of halogens is 3. The number of carbonyl (C=O) groups is 2. The van der Waals surface area contributed by atoms with Gasteiger partial charge in [-0.2, -0.15) is 0 Å². The molecule has 2 aliphatic carbocycles. The molecule has 0 unspecified atom stereocenters. The zero-order chi connectivity index (χ0) is 20.7. The van der Waals surface area contributed by atoms with Gasteiger partial charge in [0.25, 0.3) is 5.91 Å². The summed E-state index contributed by atoms with van der Waals surface area (Å²) in [5.41, 5.74) is 0.718. The van der Waals surface area contributed by atoms with Gasteiger partial charge in [-0.15, -0.1) is 0 Å². The Morgan fingerprint density at radius 2 is 1.86 bits per heavy atom. The van der Waals surface area contributed by atoms with Gasteiger partial charge in [0.2, 0.25) is 11.9 Å². The first-order valence-corrected chi connectivity index (χ1v) is 9.34. The van der Waals surface area contributed by atoms with E-state index in [1.54, 1.807) is 6.07 Å². The normalized spacial score (nSPS) is 20.3. The molecular weight excluding hydrogens is 385 g/mol. The van der Waals surface area contributed by atoms with E-state index in [1.807, 2.05) is 0 Å². The molecule has 0 aliphatic heterocycles. The highest BCUT2D eigenvalue weighted by Gasteiger charge is 2.44. The molecule has 0 bridgehead atoms. The van der Waals surface area contributed by atoms with E-state index in [4.69, 9.17) is 0 Å². The second-order valence-electron chi connectivity index (χ2n) is 7.50. The van der Waals surface area contributed by atoms with E-state index in [0.717, 1.165) is 30.1 Å². The highest BCUT2D eigenvalue weighted by Crippen LogP contribution is 2.49. The number of nitrogens with one attached hydrogen (secondary N) is 1. The molecule has 2 aliphatic rings. The third-order valence-electron chi connectivity index (χ3n) is 5.14. The van der Waals surface area contributed by atoms with Crippen LogP contribution in [-0.4, -0.2) is 46.4 Å². The fourth-order valence-corrected chi connectivity index (χ4v) is 3.37. The maximum atomic E-state index is 15.0. The molecule has 152 valence electrons. The predicted octanol–water partition coefficient (Wildman–Crippen LogP) is 3.17. The summed E-state index contributed by atoms with van der Waals surface area (Å²) in [6.45, 7) is -0.352. The number of hydrogen-bond acceptors (Lipinski definition) is 4. The van der Waals surface area contributed by atoms with Gasteiger partial charge in [0.1, 0.15) is 12.0 Å². The molecule has 1 heterocycles. The number of hydrogen-bond donors (Lipinski definition) is 1. The smallest absolute Gasteiger partial charge is 0.254 e. The second-order valence-corrected chi connectivity index (χ2v) is 7.50. The topological polar surface area (TPSA) is 75.2 Å². The van der Waals surface area contributed by atoms with Gasteiger partial charge >= 0.3 is 0 Å². The van der Waals surface area contributed by atoms with Crippen molar-refractivity contribution in [3.8, 4) is 0 Å². The molecule has 9 heteroatoms. The Labute approximate surface area is 165 Å². The number of benzene rings is 1. The van der Waals surface area contributed by atoms with Crippen molar-refractivity contribution < 1.29 is 22.8 Å². The average Bonchev–Trinajstić information content (AvgIpc) is 3.60. The van der Waals surface area contributed by atoms with Crippen molar-refractivity contribution in [3.63, 3.8) is 0 Å². The SMILES string of the molecule is CN(CC(=O)Nc1ncc(F)cn1)C(=O)c1ccc(C2CC2)c(F)c1[C@@H]1C[C@@H]1F. The fraction of sp³-hybridized carbons (Fsp3) is 0.400. The maximum Gasteiger partial charge on any atom is 0.254 e. The summed E-state index contributed by atoms with van der Waals surface area (Å²) < 4.78 is 41.6. The molecule has 0 spiro atoms. The number of carbonyl (C=O) groups excluding carboxylic acids is 2. The number of anilines is 1. The van der Waals surface area contributed by atoms with Crippen LogP contribution in [0.4, 0.5) is 19.1 Å². The van der Waals surface area contributed by atoms with E-state index in [9.17, 15) is 18.4 Å². The Balaban J connectivity index is 1.50. The van der Waals surface area contributed by atoms with Crippen LogP contribution in [0.3, 0.4) is 0 Å². The molecular formula is C20H19F3N4O2. The van der Waals surface area contributed by atoms with Gasteiger partial charge in [0, 0.05) is 24.1 Å². The van der Waals surface area contributed by atoms with Gasteiger partial charge in [-0.25, -0.2) is 23.1 Å². The number of likely N-dealkylation sites (N-methyl/N-ethyl adjacent to an activating group) is 1. The lowest BCUT2D eigenvalue weighted by Crippen LogP contribution is -2.35. The van der Waals surface area contributed by atoms with Gasteiger partial charge in [-0.3, -0.25) is 14.9 Å². The molecule has 4 rings (SSSR count). The Kier molecular flexibility index (Phi) is 4.97. The van der Waals surface area contributed by atoms with E-state index in [-0.39, 0.29) is 36.0 Å². The molecule has 1 aromatic carbocycles. The largest absolute Gasteiger partial charge is 0.332 e. The fourth-order valence-electron chi connectivity index (χ4n) is 3.37. The van der Waals surface area contributed by atoms with Gasteiger partial charge in [-0.05, 0) is 36.8 Å². The number of aromatic nitrogens is 2. The molecule has 1 aromatic heterocycles. The van der Waals surface area contributed by atoms with Crippen LogP contribution in [0, 0.1) is 11.6 Å². The molecule has 6 nitrogen and oxygen atoms in total. The minimum atomic E-state index is -1.16. The Bertz CT molecular complexity index is 963. The number of alkyl halides is 1. The van der Waals surface area contributed by atoms with Gasteiger partial charge < -0.3 is 4.90 Å². The predicted molar refractivity (Wildman–Crippen MR) is 98.2 cm³/mol. The quantitative estimate of drug-likeness (QED) is 0.803. The molecule has 2 atom stereocenters. The van der Waals surface area contributed by atoms with Crippen LogP contribution >= 0.6 is 0 Å². The second kappa shape index (κ2) is 7.46. The van der Waals surface area contributed by atoms with Crippen molar-refractivity contribution in [1.29, 1.82) is 0 Å². The lowest BCUT2D eigenvalue weighted by atomic mass is 9.96. The van der Waals surface area contributed by atoms with Crippen molar-refractivity contribution >= 4 is 17.8 Å². The molecule has 0 saturated heterocycles. The maximum absolute atomic E-state index is 15.0. The Morgan fingerprint density at radius 1 is 1.21 bits per heavy atom. The zero-order valence-electron chi connectivity index (χ0n) is 15.7. The molecule has 2 aromatic rings. The summed E-state index contributed by atoms with van der Waals surface area (Å²) >= 11 is 0. The first kappa shape index (κ1) is 19.4. The van der Waals surface area contributed by atoms with E-state index in [2.05, 4.69) is 15.3 Å². The molecule has 2 saturated carbocycles. The first-order chi connectivity index (χ1) is 13.8. The standard InChI is InChI=1S/C20H19F3N4O2/c1-27(9-16(28)26-20-24-7-11(21)8-25-20)19(29)13-5-4-12(10-2-3-10)18(23)17(13)14-6-15(14)22/h4-5,7-8,10,14-15H,2-3,6,9H2,1H3,(H,24,25,26,28)/t14-,15+/m1/s1. The van der Waals surface area contributed by atoms with Crippen LogP contribution in [0.1, 0.15) is 52.6 Å². The van der Waals surface area contributed by atoms with Crippen LogP contribution in [0.2, 0.25) is 0 Å². The van der Waals surface area contributed by atoms with Crippen LogP contribution in [0.5, 0.6) is 0 Å². The first-order valence-electron chi connectivity index (χ1n) is 9.34. The van der Waals surface area contributed by atoms with E-state index in [1.165, 1.54) is 13.1 Å². The molecule has 2 fully saturated rings. The summed E-state index contributed by atoms with van der Waals surface area (Å²) in [7, 11) is 1.39. The number of nitrogens with zero attached hydrogens (tertiary/aromatic N) is 3. The number of rotatable bonds is 6. The van der Waals surface area contributed by atoms with Crippen LogP contribution in [0.25, 0.3) is 0 Å². The van der Waals surface area contributed by atoms with Crippen LogP contribution in [0.15, 0.2) is 24.5 Å². The third-order valence-corrected chi connectivity index (χ3v) is 5.14. The highest BCUT2D eigenvalue weighted by molar-refractivity contribution is 6.00. The van der Waals surface area contributed by atoms with Crippen molar-refractivity contribution in [1.82, 2.24) is 14.9 Å². The van der Waals surface area contributed by atoms with Crippen molar-refractivity contribution in [3.05, 3.63) is 52.9 Å². The summed E-state index contributed by atoms with van der Waals surface area (Å²) in [6, 6.07) is 3.11. The van der Waals surface area contributed by atoms with E-state index in [0.29, 0.717) is 5.56 Å². The molecule has 0 radical (unpaired) electrons. The third kappa shape index (κ3) is 4.08. The molecule has 29 heavy (non-hydrogen) atoms. The van der Waals surface area contributed by atoms with E-state index >= 15 is 4.39 Å². The van der Waals surface area contributed by atoms with Crippen molar-refractivity contribution in [2.45, 2.75) is 37.3 Å². The summed E-state index contributed by atoms with van der Waals surface area (Å²) in [5, 5.41) is 2.35. The molecule has 2 amide bonds. The van der Waals surface area contributed by atoms with Crippen LogP contribution < -0.4 is 5.32 Å². The average molecular weight is 404 g/mol. The van der Waals surface area contributed by atoms with Gasteiger partial charge in [0.15, 0.2) is 5.82 Å². The lowest BCUT2D eigenvalue weighted by Gasteiger charge is -2.20.